The van der Waals surface area contributed by atoms with Gasteiger partial charge in [0.2, 0.25) is 0 Å². The molecular formula is C20H23F3N2. The highest BCUT2D eigenvalue weighted by Crippen LogP contribution is 2.31. The van der Waals surface area contributed by atoms with Crippen molar-refractivity contribution in [3.05, 3.63) is 59.7 Å². The van der Waals surface area contributed by atoms with Gasteiger partial charge in [0.15, 0.2) is 0 Å². The molecule has 2 aromatic carbocycles. The molecule has 0 saturated carbocycles. The van der Waals surface area contributed by atoms with Gasteiger partial charge in [-0.15, -0.1) is 0 Å². The first-order valence-electron chi connectivity index (χ1n) is 8.72. The molecule has 0 atom stereocenters. The summed E-state index contributed by atoms with van der Waals surface area (Å²) < 4.78 is 37.8. The fourth-order valence-electron chi connectivity index (χ4n) is 3.14. The summed E-state index contributed by atoms with van der Waals surface area (Å²) in [5.74, 6) is 0. The zero-order chi connectivity index (χ0) is 17.7. The molecule has 1 saturated heterocycles. The Kier molecular flexibility index (Phi) is 5.76. The minimum Gasteiger partial charge on any atom is -0.311 e. The van der Waals surface area contributed by atoms with E-state index in [9.17, 15) is 13.2 Å². The lowest BCUT2D eigenvalue weighted by Crippen LogP contribution is -2.29. The summed E-state index contributed by atoms with van der Waals surface area (Å²) in [4.78, 5) is 2.47. The van der Waals surface area contributed by atoms with Crippen LogP contribution < -0.4 is 5.32 Å². The summed E-state index contributed by atoms with van der Waals surface area (Å²) in [6.45, 7) is 5.29. The molecular weight excluding hydrogens is 325 g/mol. The van der Waals surface area contributed by atoms with Crippen molar-refractivity contribution in [2.75, 3.05) is 26.2 Å². The van der Waals surface area contributed by atoms with Crippen LogP contribution in [0, 0.1) is 0 Å². The lowest BCUT2D eigenvalue weighted by Gasteiger charge is -2.14. The molecule has 2 nitrogen and oxygen atoms in total. The Labute approximate surface area is 146 Å². The van der Waals surface area contributed by atoms with Gasteiger partial charge in [-0.2, -0.15) is 13.2 Å². The summed E-state index contributed by atoms with van der Waals surface area (Å²) in [5.41, 5.74) is 2.28. The van der Waals surface area contributed by atoms with Crippen molar-refractivity contribution in [1.82, 2.24) is 10.2 Å². The molecule has 1 heterocycles. The number of hydrogen-bond donors (Lipinski definition) is 1. The third-order valence-electron chi connectivity index (χ3n) is 4.63. The van der Waals surface area contributed by atoms with Gasteiger partial charge in [0.25, 0.3) is 0 Å². The molecule has 1 fully saturated rings. The summed E-state index contributed by atoms with van der Waals surface area (Å²) in [6.07, 6.45) is -1.67. The second-order valence-electron chi connectivity index (χ2n) is 6.50. The normalized spacial score (nSPS) is 15.6. The van der Waals surface area contributed by atoms with Crippen molar-refractivity contribution >= 4 is 0 Å². The predicted molar refractivity (Wildman–Crippen MR) is 94.3 cm³/mol. The number of nitrogens with zero attached hydrogens (tertiary/aromatic N) is 1. The van der Waals surface area contributed by atoms with E-state index in [2.05, 4.69) is 10.2 Å². The fourth-order valence-corrected chi connectivity index (χ4v) is 3.14. The third kappa shape index (κ3) is 5.06. The Morgan fingerprint density at radius 3 is 1.96 bits per heavy atom. The Morgan fingerprint density at radius 1 is 0.840 bits per heavy atom. The number of halogens is 3. The lowest BCUT2D eigenvalue weighted by atomic mass is 10.0. The number of hydrogen-bond acceptors (Lipinski definition) is 2. The molecule has 1 aliphatic rings. The van der Waals surface area contributed by atoms with Crippen molar-refractivity contribution in [2.24, 2.45) is 0 Å². The standard InChI is InChI=1S/C20H23F3N2/c21-20(22,23)19-9-7-18(8-10-19)17-5-3-16(4-6-17)15-24-11-14-25-12-1-2-13-25/h3-10,24H,1-2,11-15H2. The van der Waals surface area contributed by atoms with Crippen LogP contribution in [0.2, 0.25) is 0 Å². The van der Waals surface area contributed by atoms with Crippen molar-refractivity contribution in [2.45, 2.75) is 25.6 Å². The molecule has 0 aromatic heterocycles. The average molecular weight is 348 g/mol. The minimum absolute atomic E-state index is 0.616. The summed E-state index contributed by atoms with van der Waals surface area (Å²) >= 11 is 0. The van der Waals surface area contributed by atoms with Gasteiger partial charge in [-0.25, -0.2) is 0 Å². The van der Waals surface area contributed by atoms with Crippen LogP contribution in [0.15, 0.2) is 48.5 Å². The first kappa shape index (κ1) is 18.0. The second kappa shape index (κ2) is 8.02. The van der Waals surface area contributed by atoms with Crippen molar-refractivity contribution in [3.63, 3.8) is 0 Å². The molecule has 1 N–H and O–H groups in total. The Hall–Kier alpha value is -1.85. The SMILES string of the molecule is FC(F)(F)c1ccc(-c2ccc(CNCCN3CCCC3)cc2)cc1. The number of nitrogens with one attached hydrogen (secondary N) is 1. The third-order valence-corrected chi connectivity index (χ3v) is 4.63. The highest BCUT2D eigenvalue weighted by Gasteiger charge is 2.29. The molecule has 134 valence electrons. The van der Waals surface area contributed by atoms with Gasteiger partial charge in [-0.05, 0) is 54.8 Å². The number of benzene rings is 2. The Balaban J connectivity index is 1.51. The Bertz CT molecular complexity index is 657. The van der Waals surface area contributed by atoms with Gasteiger partial charge >= 0.3 is 6.18 Å². The second-order valence-corrected chi connectivity index (χ2v) is 6.50. The van der Waals surface area contributed by atoms with Gasteiger partial charge in [0.05, 0.1) is 5.56 Å². The summed E-state index contributed by atoms with van der Waals surface area (Å²) in [5, 5.41) is 3.45. The summed E-state index contributed by atoms with van der Waals surface area (Å²) in [6, 6.07) is 13.3. The van der Waals surface area contributed by atoms with Crippen LogP contribution in [0.25, 0.3) is 11.1 Å². The van der Waals surface area contributed by atoms with Gasteiger partial charge in [0.1, 0.15) is 0 Å². The van der Waals surface area contributed by atoms with E-state index in [0.29, 0.717) is 0 Å². The van der Waals surface area contributed by atoms with Gasteiger partial charge < -0.3 is 10.2 Å². The first-order valence-corrected chi connectivity index (χ1v) is 8.72. The number of rotatable bonds is 6. The van der Waals surface area contributed by atoms with Crippen molar-refractivity contribution < 1.29 is 13.2 Å². The monoisotopic (exact) mass is 348 g/mol. The highest BCUT2D eigenvalue weighted by molar-refractivity contribution is 5.64. The van der Waals surface area contributed by atoms with Crippen LogP contribution in [0.1, 0.15) is 24.0 Å². The molecule has 5 heteroatoms. The molecule has 2 aromatic rings. The van der Waals surface area contributed by atoms with Gasteiger partial charge in [-0.3, -0.25) is 0 Å². The molecule has 1 aliphatic heterocycles. The van der Waals surface area contributed by atoms with Gasteiger partial charge in [-0.1, -0.05) is 36.4 Å². The van der Waals surface area contributed by atoms with Crippen molar-refractivity contribution in [3.8, 4) is 11.1 Å². The van der Waals surface area contributed by atoms with E-state index < -0.39 is 11.7 Å². The molecule has 0 bridgehead atoms. The van der Waals surface area contributed by atoms with Crippen LogP contribution in [-0.4, -0.2) is 31.1 Å². The number of likely N-dealkylation sites (tertiary alicyclic amines) is 1. The van der Waals surface area contributed by atoms with E-state index in [-0.39, 0.29) is 0 Å². The van der Waals surface area contributed by atoms with E-state index >= 15 is 0 Å². The van der Waals surface area contributed by atoms with E-state index in [1.807, 2.05) is 24.3 Å². The smallest absolute Gasteiger partial charge is 0.311 e. The molecule has 0 radical (unpaired) electrons. The zero-order valence-corrected chi connectivity index (χ0v) is 14.1. The summed E-state index contributed by atoms with van der Waals surface area (Å²) in [7, 11) is 0. The van der Waals surface area contributed by atoms with Crippen LogP contribution >= 0.6 is 0 Å². The fraction of sp³-hybridized carbons (Fsp3) is 0.400. The maximum atomic E-state index is 12.6. The van der Waals surface area contributed by atoms with Crippen LogP contribution in [0.3, 0.4) is 0 Å². The number of alkyl halides is 3. The molecule has 3 rings (SSSR count). The molecule has 25 heavy (non-hydrogen) atoms. The molecule has 0 spiro atoms. The van der Waals surface area contributed by atoms with Crippen LogP contribution in [0.5, 0.6) is 0 Å². The van der Waals surface area contributed by atoms with Gasteiger partial charge in [0, 0.05) is 19.6 Å². The highest BCUT2D eigenvalue weighted by atomic mass is 19.4. The topological polar surface area (TPSA) is 15.3 Å². The lowest BCUT2D eigenvalue weighted by molar-refractivity contribution is -0.137. The van der Waals surface area contributed by atoms with E-state index in [1.165, 1.54) is 43.6 Å². The quantitative estimate of drug-likeness (QED) is 0.770. The first-order chi connectivity index (χ1) is 12.0. The Morgan fingerprint density at radius 2 is 1.40 bits per heavy atom. The predicted octanol–water partition coefficient (Wildman–Crippen LogP) is 4.56. The maximum Gasteiger partial charge on any atom is 0.416 e. The van der Waals surface area contributed by atoms with E-state index in [4.69, 9.17) is 0 Å². The molecule has 0 amide bonds. The largest absolute Gasteiger partial charge is 0.416 e. The minimum atomic E-state index is -4.29. The van der Waals surface area contributed by atoms with E-state index in [0.717, 1.165) is 42.9 Å². The van der Waals surface area contributed by atoms with Crippen molar-refractivity contribution in [1.29, 1.82) is 0 Å². The van der Waals surface area contributed by atoms with E-state index in [1.54, 1.807) is 0 Å². The van der Waals surface area contributed by atoms with Crippen LogP contribution in [0.4, 0.5) is 13.2 Å². The molecule has 0 aliphatic carbocycles. The maximum absolute atomic E-state index is 12.6. The van der Waals surface area contributed by atoms with Crippen LogP contribution in [-0.2, 0) is 12.7 Å². The average Bonchev–Trinajstić information content (AvgIpc) is 3.12. The molecule has 0 unspecified atom stereocenters. The zero-order valence-electron chi connectivity index (χ0n) is 14.1.